The van der Waals surface area contributed by atoms with Gasteiger partial charge in [0.05, 0.1) is 18.4 Å². The van der Waals surface area contributed by atoms with Crippen LogP contribution in [-0.4, -0.2) is 42.7 Å². The molecular formula is C9H16N4O3. The third-order valence-electron chi connectivity index (χ3n) is 1.95. The van der Waals surface area contributed by atoms with Gasteiger partial charge in [-0.25, -0.2) is 0 Å². The van der Waals surface area contributed by atoms with Crippen molar-refractivity contribution in [1.82, 2.24) is 9.78 Å². The molecule has 0 saturated heterocycles. The molecule has 0 atom stereocenters. The second-order valence-corrected chi connectivity index (χ2v) is 3.17. The maximum absolute atomic E-state index is 10.6. The summed E-state index contributed by atoms with van der Waals surface area (Å²) in [4.78, 5) is 10.6. The van der Waals surface area contributed by atoms with E-state index in [-0.39, 0.29) is 12.8 Å². The molecule has 0 radical (unpaired) electrons. The van der Waals surface area contributed by atoms with Crippen LogP contribution in [-0.2, 0) is 20.8 Å². The first-order valence-electron chi connectivity index (χ1n) is 4.76. The van der Waals surface area contributed by atoms with Gasteiger partial charge in [0.25, 0.3) is 0 Å². The van der Waals surface area contributed by atoms with Crippen molar-refractivity contribution in [3.8, 4) is 0 Å². The van der Waals surface area contributed by atoms with Gasteiger partial charge in [-0.15, -0.1) is 0 Å². The smallest absolute Gasteiger partial charge is 0.239 e. The summed E-state index contributed by atoms with van der Waals surface area (Å²) in [6, 6.07) is 0. The number of nitrogens with zero attached hydrogens (tertiary/aromatic N) is 2. The van der Waals surface area contributed by atoms with Crippen molar-refractivity contribution in [2.24, 2.45) is 5.73 Å². The Morgan fingerprint density at radius 3 is 2.88 bits per heavy atom. The van der Waals surface area contributed by atoms with E-state index < -0.39 is 5.91 Å². The van der Waals surface area contributed by atoms with Crippen LogP contribution >= 0.6 is 0 Å². The normalized spacial score (nSPS) is 10.7. The number of nitrogens with one attached hydrogen (secondary N) is 1. The maximum atomic E-state index is 10.6. The van der Waals surface area contributed by atoms with E-state index in [0.717, 1.165) is 5.69 Å². The van der Waals surface area contributed by atoms with Crippen LogP contribution in [0.4, 0.5) is 5.69 Å². The molecule has 0 aliphatic rings. The molecule has 0 aromatic carbocycles. The molecule has 1 aromatic rings. The Hall–Kier alpha value is -1.60. The monoisotopic (exact) mass is 228 g/mol. The number of nitrogens with two attached hydrogens (primary N) is 1. The Kier molecular flexibility index (Phi) is 4.74. The second kappa shape index (κ2) is 6.09. The number of anilines is 1. The van der Waals surface area contributed by atoms with Gasteiger partial charge >= 0.3 is 0 Å². The number of methoxy groups -OCH3 is 2. The quantitative estimate of drug-likeness (QED) is 0.608. The van der Waals surface area contributed by atoms with Gasteiger partial charge in [0.15, 0.2) is 6.29 Å². The fourth-order valence-corrected chi connectivity index (χ4v) is 1.17. The topological polar surface area (TPSA) is 91.4 Å². The summed E-state index contributed by atoms with van der Waals surface area (Å²) < 4.78 is 11.5. The zero-order valence-corrected chi connectivity index (χ0v) is 9.34. The van der Waals surface area contributed by atoms with Crippen LogP contribution in [0.3, 0.4) is 0 Å². The molecule has 90 valence electrons. The fourth-order valence-electron chi connectivity index (χ4n) is 1.17. The third kappa shape index (κ3) is 3.87. The van der Waals surface area contributed by atoms with E-state index in [4.69, 9.17) is 15.2 Å². The summed E-state index contributed by atoms with van der Waals surface area (Å²) in [5.41, 5.74) is 5.82. The van der Waals surface area contributed by atoms with Crippen molar-refractivity contribution < 1.29 is 14.3 Å². The number of primary amides is 1. The molecule has 1 heterocycles. The number of rotatable bonds is 7. The fraction of sp³-hybridized carbons (Fsp3) is 0.556. The number of carbonyl (C=O) groups excluding carboxylic acids is 1. The number of hydrogen-bond donors (Lipinski definition) is 2. The predicted octanol–water partition coefficient (Wildman–Crippen LogP) is -0.601. The molecule has 0 fully saturated rings. The van der Waals surface area contributed by atoms with Crippen LogP contribution in [0.5, 0.6) is 0 Å². The van der Waals surface area contributed by atoms with Crippen LogP contribution in [0, 0.1) is 0 Å². The molecule has 1 aromatic heterocycles. The lowest BCUT2D eigenvalue weighted by molar-refractivity contribution is -0.118. The Morgan fingerprint density at radius 2 is 2.31 bits per heavy atom. The lowest BCUT2D eigenvalue weighted by atomic mass is 10.5. The summed E-state index contributed by atoms with van der Waals surface area (Å²) in [6.07, 6.45) is 2.97. The van der Waals surface area contributed by atoms with Crippen LogP contribution in [0.2, 0.25) is 0 Å². The van der Waals surface area contributed by atoms with Crippen LogP contribution in [0.25, 0.3) is 0 Å². The van der Waals surface area contributed by atoms with Crippen molar-refractivity contribution in [2.75, 3.05) is 26.1 Å². The molecule has 0 bridgehead atoms. The van der Waals surface area contributed by atoms with Gasteiger partial charge in [0, 0.05) is 20.4 Å². The van der Waals surface area contributed by atoms with Gasteiger partial charge in [-0.1, -0.05) is 0 Å². The van der Waals surface area contributed by atoms with E-state index in [0.29, 0.717) is 6.54 Å². The molecule has 7 heteroatoms. The Morgan fingerprint density at radius 1 is 1.62 bits per heavy atom. The van der Waals surface area contributed by atoms with Gasteiger partial charge in [-0.2, -0.15) is 5.10 Å². The highest BCUT2D eigenvalue weighted by atomic mass is 16.7. The van der Waals surface area contributed by atoms with Crippen LogP contribution in [0.15, 0.2) is 12.4 Å². The van der Waals surface area contributed by atoms with Crippen molar-refractivity contribution >= 4 is 11.6 Å². The molecule has 16 heavy (non-hydrogen) atoms. The van der Waals surface area contributed by atoms with Crippen LogP contribution < -0.4 is 11.1 Å². The Balaban J connectivity index is 2.42. The van der Waals surface area contributed by atoms with E-state index in [9.17, 15) is 4.79 Å². The minimum atomic E-state index is -0.429. The van der Waals surface area contributed by atoms with Gasteiger partial charge in [0.2, 0.25) is 5.91 Å². The summed E-state index contributed by atoms with van der Waals surface area (Å²) in [6.45, 7) is 0.564. The number of carbonyl (C=O) groups is 1. The maximum Gasteiger partial charge on any atom is 0.239 e. The molecule has 0 aliphatic heterocycles. The lowest BCUT2D eigenvalue weighted by Crippen LogP contribution is -2.23. The molecule has 1 rings (SSSR count). The molecule has 0 unspecified atom stereocenters. The molecule has 0 aliphatic carbocycles. The molecule has 7 nitrogen and oxygen atoms in total. The lowest BCUT2D eigenvalue weighted by Gasteiger charge is -2.13. The minimum Gasteiger partial charge on any atom is -0.377 e. The summed E-state index contributed by atoms with van der Waals surface area (Å²) in [7, 11) is 3.12. The average Bonchev–Trinajstić information content (AvgIpc) is 2.66. The molecule has 0 spiro atoms. The minimum absolute atomic E-state index is 0.0691. The SMILES string of the molecule is COC(CNc1cnn(CC(N)=O)c1)OC. The molecule has 0 saturated carbocycles. The highest BCUT2D eigenvalue weighted by Crippen LogP contribution is 2.05. The van der Waals surface area contributed by atoms with Crippen molar-refractivity contribution in [3.05, 3.63) is 12.4 Å². The number of aromatic nitrogens is 2. The summed E-state index contributed by atoms with van der Waals surface area (Å²) in [5, 5.41) is 7.01. The Labute approximate surface area is 93.5 Å². The van der Waals surface area contributed by atoms with Crippen molar-refractivity contribution in [3.63, 3.8) is 0 Å². The van der Waals surface area contributed by atoms with Gasteiger partial charge in [-0.3, -0.25) is 9.48 Å². The predicted molar refractivity (Wildman–Crippen MR) is 57.7 cm³/mol. The largest absolute Gasteiger partial charge is 0.377 e. The first-order valence-corrected chi connectivity index (χ1v) is 4.76. The van der Waals surface area contributed by atoms with Crippen molar-refractivity contribution in [1.29, 1.82) is 0 Å². The van der Waals surface area contributed by atoms with Gasteiger partial charge in [0.1, 0.15) is 6.54 Å². The van der Waals surface area contributed by atoms with Gasteiger partial charge in [-0.05, 0) is 0 Å². The first kappa shape index (κ1) is 12.5. The molecular weight excluding hydrogens is 212 g/mol. The van der Waals surface area contributed by atoms with E-state index >= 15 is 0 Å². The van der Waals surface area contributed by atoms with Crippen molar-refractivity contribution in [2.45, 2.75) is 12.8 Å². The van der Waals surface area contributed by atoms with Gasteiger partial charge < -0.3 is 20.5 Å². The standard InChI is InChI=1S/C9H16N4O3/c1-15-9(16-2)4-11-7-3-12-13(5-7)6-8(10)14/h3,5,9,11H,4,6H2,1-2H3,(H2,10,14). The third-order valence-corrected chi connectivity index (χ3v) is 1.95. The number of hydrogen-bond acceptors (Lipinski definition) is 5. The molecule has 1 amide bonds. The number of ether oxygens (including phenoxy) is 2. The summed E-state index contributed by atoms with van der Waals surface area (Å²) >= 11 is 0. The average molecular weight is 228 g/mol. The molecule has 3 N–H and O–H groups in total. The van der Waals surface area contributed by atoms with E-state index in [1.165, 1.54) is 4.68 Å². The van der Waals surface area contributed by atoms with E-state index in [1.807, 2.05) is 0 Å². The van der Waals surface area contributed by atoms with E-state index in [2.05, 4.69) is 10.4 Å². The van der Waals surface area contributed by atoms with Crippen LogP contribution in [0.1, 0.15) is 0 Å². The zero-order chi connectivity index (χ0) is 12.0. The zero-order valence-electron chi connectivity index (χ0n) is 9.34. The second-order valence-electron chi connectivity index (χ2n) is 3.17. The Bertz CT molecular complexity index is 335. The highest BCUT2D eigenvalue weighted by Gasteiger charge is 2.05. The number of amides is 1. The highest BCUT2D eigenvalue weighted by molar-refractivity contribution is 5.73. The summed E-state index contributed by atoms with van der Waals surface area (Å²) in [5.74, 6) is -0.429. The van der Waals surface area contributed by atoms with E-state index in [1.54, 1.807) is 26.6 Å². The first-order chi connectivity index (χ1) is 7.65.